The minimum absolute atomic E-state index is 0.0115. The molecule has 1 saturated heterocycles. The molecule has 8 heteroatoms. The summed E-state index contributed by atoms with van der Waals surface area (Å²) in [6.07, 6.45) is 3.70. The van der Waals surface area contributed by atoms with E-state index < -0.39 is 0 Å². The number of thioether (sulfide) groups is 1. The monoisotopic (exact) mass is 477 g/mol. The molecule has 0 bridgehead atoms. The van der Waals surface area contributed by atoms with E-state index in [0.717, 1.165) is 16.4 Å². The number of carbonyl (C=O) groups is 2. The highest BCUT2D eigenvalue weighted by molar-refractivity contribution is 7.99. The fourth-order valence-electron chi connectivity index (χ4n) is 4.11. The number of benzene rings is 2. The normalized spacial score (nSPS) is 14.2. The van der Waals surface area contributed by atoms with Gasteiger partial charge in [0.15, 0.2) is 5.16 Å². The van der Waals surface area contributed by atoms with Crippen LogP contribution in [0.2, 0.25) is 0 Å². The Hall–Kier alpha value is -3.10. The van der Waals surface area contributed by atoms with E-state index in [0.29, 0.717) is 45.0 Å². The topological polar surface area (TPSA) is 70.5 Å². The summed E-state index contributed by atoms with van der Waals surface area (Å²) in [5, 5.41) is 3.78. The molecule has 2 heterocycles. The molecule has 0 radical (unpaired) electrons. The Morgan fingerprint density at radius 2 is 1.71 bits per heavy atom. The standard InChI is InChI=1S/C26H31N5O2S/c1-20-14-21(2)16-23(15-20)31-9-8-27-26(31)34-19-25(33)30-12-10-29(11-13-30)18-24(32)28-17-22-6-4-3-5-7-22/h3-9,14-16H,10-13,17-19H2,1-2H3,(H,28,32). The van der Waals surface area contributed by atoms with Crippen LogP contribution in [0.3, 0.4) is 0 Å². The van der Waals surface area contributed by atoms with Crippen LogP contribution in [-0.4, -0.2) is 69.6 Å². The lowest BCUT2D eigenvalue weighted by atomic mass is 10.1. The first kappa shape index (κ1) is 24.0. The van der Waals surface area contributed by atoms with Gasteiger partial charge >= 0.3 is 0 Å². The third kappa shape index (κ3) is 6.48. The van der Waals surface area contributed by atoms with Crippen LogP contribution in [0.15, 0.2) is 66.1 Å². The molecule has 1 aromatic heterocycles. The maximum Gasteiger partial charge on any atom is 0.234 e. The maximum absolute atomic E-state index is 12.8. The summed E-state index contributed by atoms with van der Waals surface area (Å²) in [7, 11) is 0. The van der Waals surface area contributed by atoms with Crippen molar-refractivity contribution >= 4 is 23.6 Å². The van der Waals surface area contributed by atoms with E-state index in [-0.39, 0.29) is 11.8 Å². The fourth-order valence-corrected chi connectivity index (χ4v) is 4.99. The zero-order valence-electron chi connectivity index (χ0n) is 19.7. The average molecular weight is 478 g/mol. The van der Waals surface area contributed by atoms with Gasteiger partial charge in [-0.2, -0.15) is 0 Å². The van der Waals surface area contributed by atoms with Gasteiger partial charge < -0.3 is 10.2 Å². The molecule has 1 N–H and O–H groups in total. The predicted octanol–water partition coefficient (Wildman–Crippen LogP) is 3.04. The van der Waals surface area contributed by atoms with Crippen molar-refractivity contribution in [3.05, 3.63) is 77.6 Å². The van der Waals surface area contributed by atoms with Gasteiger partial charge in [-0.1, -0.05) is 48.2 Å². The van der Waals surface area contributed by atoms with Crippen molar-refractivity contribution in [1.29, 1.82) is 0 Å². The molecule has 0 unspecified atom stereocenters. The van der Waals surface area contributed by atoms with Crippen molar-refractivity contribution < 1.29 is 9.59 Å². The number of aromatic nitrogens is 2. The summed E-state index contributed by atoms with van der Waals surface area (Å²) in [6.45, 7) is 7.73. The highest BCUT2D eigenvalue weighted by atomic mass is 32.2. The van der Waals surface area contributed by atoms with Gasteiger partial charge in [-0.25, -0.2) is 4.98 Å². The molecular formula is C26H31N5O2S. The number of rotatable bonds is 8. The Morgan fingerprint density at radius 3 is 2.41 bits per heavy atom. The van der Waals surface area contributed by atoms with Crippen molar-refractivity contribution in [3.8, 4) is 5.69 Å². The molecule has 2 amide bonds. The first-order chi connectivity index (χ1) is 16.5. The Bertz CT molecular complexity index is 1100. The first-order valence-electron chi connectivity index (χ1n) is 11.5. The summed E-state index contributed by atoms with van der Waals surface area (Å²) in [5.74, 6) is 0.463. The summed E-state index contributed by atoms with van der Waals surface area (Å²) in [5.41, 5.74) is 4.54. The molecule has 3 aromatic rings. The van der Waals surface area contributed by atoms with E-state index in [2.05, 4.69) is 47.2 Å². The Morgan fingerprint density at radius 1 is 1.00 bits per heavy atom. The first-order valence-corrected chi connectivity index (χ1v) is 12.5. The van der Waals surface area contributed by atoms with Crippen LogP contribution in [0.5, 0.6) is 0 Å². The number of amides is 2. The Kier molecular flexibility index (Phi) is 8.03. The van der Waals surface area contributed by atoms with Crippen molar-refractivity contribution in [3.63, 3.8) is 0 Å². The predicted molar refractivity (Wildman–Crippen MR) is 135 cm³/mol. The number of hydrogen-bond donors (Lipinski definition) is 1. The van der Waals surface area contributed by atoms with Crippen molar-refractivity contribution in [2.24, 2.45) is 0 Å². The number of carbonyl (C=O) groups excluding carboxylic acids is 2. The minimum atomic E-state index is 0.0115. The Balaban J connectivity index is 1.22. The van der Waals surface area contributed by atoms with Gasteiger partial charge in [0, 0.05) is 50.8 Å². The molecular weight excluding hydrogens is 446 g/mol. The number of nitrogens with one attached hydrogen (secondary N) is 1. The molecule has 1 aliphatic heterocycles. The van der Waals surface area contributed by atoms with Crippen LogP contribution >= 0.6 is 11.8 Å². The second-order valence-corrected chi connectivity index (χ2v) is 9.58. The van der Waals surface area contributed by atoms with Crippen LogP contribution < -0.4 is 5.32 Å². The molecule has 7 nitrogen and oxygen atoms in total. The fraction of sp³-hybridized carbons (Fsp3) is 0.346. The van der Waals surface area contributed by atoms with Gasteiger partial charge in [-0.15, -0.1) is 0 Å². The molecule has 0 spiro atoms. The zero-order chi connectivity index (χ0) is 23.9. The smallest absolute Gasteiger partial charge is 0.234 e. The minimum Gasteiger partial charge on any atom is -0.351 e. The largest absolute Gasteiger partial charge is 0.351 e. The summed E-state index contributed by atoms with van der Waals surface area (Å²) in [4.78, 5) is 33.5. The van der Waals surface area contributed by atoms with Gasteiger partial charge in [0.05, 0.1) is 12.3 Å². The molecule has 34 heavy (non-hydrogen) atoms. The third-order valence-electron chi connectivity index (χ3n) is 5.84. The second kappa shape index (κ2) is 11.4. The van der Waals surface area contributed by atoms with E-state index in [4.69, 9.17) is 0 Å². The number of imidazole rings is 1. The van der Waals surface area contributed by atoms with E-state index >= 15 is 0 Å². The molecule has 0 saturated carbocycles. The quantitative estimate of drug-likeness (QED) is 0.505. The van der Waals surface area contributed by atoms with Gasteiger partial charge in [0.25, 0.3) is 0 Å². The van der Waals surface area contributed by atoms with Crippen LogP contribution in [0.25, 0.3) is 5.69 Å². The molecule has 4 rings (SSSR count). The number of hydrogen-bond acceptors (Lipinski definition) is 5. The maximum atomic E-state index is 12.8. The second-order valence-electron chi connectivity index (χ2n) is 8.63. The molecule has 1 aliphatic rings. The molecule has 0 atom stereocenters. The van der Waals surface area contributed by atoms with Crippen molar-refractivity contribution in [1.82, 2.24) is 24.7 Å². The highest BCUT2D eigenvalue weighted by Crippen LogP contribution is 2.22. The van der Waals surface area contributed by atoms with Crippen LogP contribution in [0.4, 0.5) is 0 Å². The molecule has 0 aliphatic carbocycles. The highest BCUT2D eigenvalue weighted by Gasteiger charge is 2.23. The van der Waals surface area contributed by atoms with Gasteiger partial charge in [-0.3, -0.25) is 19.1 Å². The lowest BCUT2D eigenvalue weighted by Gasteiger charge is -2.34. The summed E-state index contributed by atoms with van der Waals surface area (Å²) >= 11 is 1.46. The Labute approximate surface area is 205 Å². The lowest BCUT2D eigenvalue weighted by Crippen LogP contribution is -2.51. The van der Waals surface area contributed by atoms with Crippen LogP contribution in [0.1, 0.15) is 16.7 Å². The average Bonchev–Trinajstić information content (AvgIpc) is 3.30. The number of piperazine rings is 1. The van der Waals surface area contributed by atoms with E-state index in [1.807, 2.05) is 46.0 Å². The summed E-state index contributed by atoms with van der Waals surface area (Å²) in [6, 6.07) is 16.3. The van der Waals surface area contributed by atoms with Crippen molar-refractivity contribution in [2.75, 3.05) is 38.5 Å². The van der Waals surface area contributed by atoms with Gasteiger partial charge in [0.2, 0.25) is 11.8 Å². The summed E-state index contributed by atoms with van der Waals surface area (Å²) < 4.78 is 2.03. The van der Waals surface area contributed by atoms with Gasteiger partial charge in [-0.05, 0) is 42.7 Å². The van der Waals surface area contributed by atoms with Crippen LogP contribution in [-0.2, 0) is 16.1 Å². The van der Waals surface area contributed by atoms with Crippen molar-refractivity contribution in [2.45, 2.75) is 25.5 Å². The van der Waals surface area contributed by atoms with E-state index in [1.54, 1.807) is 6.20 Å². The molecule has 2 aromatic carbocycles. The van der Waals surface area contributed by atoms with E-state index in [9.17, 15) is 9.59 Å². The number of nitrogens with zero attached hydrogens (tertiary/aromatic N) is 4. The van der Waals surface area contributed by atoms with Crippen LogP contribution in [0, 0.1) is 13.8 Å². The van der Waals surface area contributed by atoms with Gasteiger partial charge in [0.1, 0.15) is 0 Å². The third-order valence-corrected chi connectivity index (χ3v) is 6.79. The zero-order valence-corrected chi connectivity index (χ0v) is 20.6. The SMILES string of the molecule is Cc1cc(C)cc(-n2ccnc2SCC(=O)N2CCN(CC(=O)NCc3ccccc3)CC2)c1. The number of aryl methyl sites for hydroxylation is 2. The lowest BCUT2D eigenvalue weighted by molar-refractivity contribution is -0.130. The molecule has 1 fully saturated rings. The molecule has 178 valence electrons. The van der Waals surface area contributed by atoms with E-state index in [1.165, 1.54) is 22.9 Å².